The molecule has 1 aliphatic heterocycles. The number of hydrogen-bond donors (Lipinski definition) is 0. The summed E-state index contributed by atoms with van der Waals surface area (Å²) in [5, 5.41) is 0. The quantitative estimate of drug-likeness (QED) is 0.868. The Morgan fingerprint density at radius 1 is 1.05 bits per heavy atom. The minimum atomic E-state index is 0. The highest BCUT2D eigenvalue weighted by Crippen LogP contribution is 2.25. The van der Waals surface area contributed by atoms with E-state index in [0.29, 0.717) is 6.61 Å². The van der Waals surface area contributed by atoms with E-state index in [-0.39, 0.29) is 18.4 Å². The molecular weight excluding hydrogens is 296 g/mol. The Hall–Kier alpha value is -1.84. The second kappa shape index (κ2) is 7.43. The van der Waals surface area contributed by atoms with Crippen molar-refractivity contribution in [1.29, 1.82) is 0 Å². The van der Waals surface area contributed by atoms with Crippen LogP contribution in [-0.2, 0) is 0 Å². The molecule has 2 aromatic rings. The van der Waals surface area contributed by atoms with Crippen LogP contribution in [0.2, 0.25) is 0 Å². The fraction of sp³-hybridized carbons (Fsp3) is 0.278. The molecule has 3 rings (SSSR count). The molecule has 0 spiro atoms. The van der Waals surface area contributed by atoms with Gasteiger partial charge in [0.15, 0.2) is 0 Å². The molecule has 3 nitrogen and oxygen atoms in total. The molecule has 0 amide bonds. The monoisotopic (exact) mass is 316 g/mol. The maximum atomic E-state index is 5.97. The standard InChI is InChI=1S/C18H20N2O.ClH/c1-20(2)12-15-13-21-17-11-7-6-10-16(17)18(19-15)14-8-4-3-5-9-14;/h3-11,15H,12-13H2,1-2H3;1H. The molecule has 0 aromatic heterocycles. The average molecular weight is 317 g/mol. The van der Waals surface area contributed by atoms with Gasteiger partial charge in [-0.2, -0.15) is 0 Å². The van der Waals surface area contributed by atoms with Crippen LogP contribution in [0.15, 0.2) is 59.6 Å². The zero-order valence-electron chi connectivity index (χ0n) is 12.9. The summed E-state index contributed by atoms with van der Waals surface area (Å²) in [6, 6.07) is 18.6. The normalized spacial score (nSPS) is 16.9. The molecule has 1 aliphatic rings. The Balaban J connectivity index is 0.00000176. The first-order valence-electron chi connectivity index (χ1n) is 7.24. The van der Waals surface area contributed by atoms with Gasteiger partial charge < -0.3 is 9.64 Å². The van der Waals surface area contributed by atoms with Crippen molar-refractivity contribution < 1.29 is 4.74 Å². The lowest BCUT2D eigenvalue weighted by atomic mass is 10.0. The van der Waals surface area contributed by atoms with E-state index in [1.165, 1.54) is 0 Å². The lowest BCUT2D eigenvalue weighted by Crippen LogP contribution is -2.29. The van der Waals surface area contributed by atoms with Gasteiger partial charge in [-0.3, -0.25) is 4.99 Å². The minimum absolute atomic E-state index is 0. The highest BCUT2D eigenvalue weighted by atomic mass is 35.5. The molecule has 1 atom stereocenters. The van der Waals surface area contributed by atoms with E-state index in [1.807, 2.05) is 36.4 Å². The second-order valence-corrected chi connectivity index (χ2v) is 5.57. The number of fused-ring (bicyclic) bond motifs is 1. The van der Waals surface area contributed by atoms with E-state index < -0.39 is 0 Å². The lowest BCUT2D eigenvalue weighted by molar-refractivity contribution is 0.258. The third kappa shape index (κ3) is 3.67. The SMILES string of the molecule is CN(C)CC1COc2ccccc2C(c2ccccc2)=N1.Cl. The molecule has 0 saturated heterocycles. The third-order valence-electron chi connectivity index (χ3n) is 3.51. The van der Waals surface area contributed by atoms with E-state index in [4.69, 9.17) is 9.73 Å². The molecule has 1 unspecified atom stereocenters. The fourth-order valence-electron chi connectivity index (χ4n) is 2.60. The summed E-state index contributed by atoms with van der Waals surface area (Å²) in [6.45, 7) is 1.50. The Morgan fingerprint density at radius 3 is 2.45 bits per heavy atom. The highest BCUT2D eigenvalue weighted by molar-refractivity contribution is 6.14. The van der Waals surface area contributed by atoms with Gasteiger partial charge in [0.2, 0.25) is 0 Å². The third-order valence-corrected chi connectivity index (χ3v) is 3.51. The van der Waals surface area contributed by atoms with Crippen LogP contribution in [0.1, 0.15) is 11.1 Å². The zero-order valence-corrected chi connectivity index (χ0v) is 13.7. The van der Waals surface area contributed by atoms with E-state index >= 15 is 0 Å². The van der Waals surface area contributed by atoms with Crippen molar-refractivity contribution in [3.05, 3.63) is 65.7 Å². The summed E-state index contributed by atoms with van der Waals surface area (Å²) in [6.07, 6.45) is 0. The number of benzene rings is 2. The van der Waals surface area contributed by atoms with Gasteiger partial charge in [0.05, 0.1) is 11.8 Å². The number of likely N-dealkylation sites (N-methyl/N-ethyl adjacent to an activating group) is 1. The van der Waals surface area contributed by atoms with Crippen LogP contribution in [0.3, 0.4) is 0 Å². The molecule has 0 saturated carbocycles. The Morgan fingerprint density at radius 2 is 1.73 bits per heavy atom. The first-order valence-corrected chi connectivity index (χ1v) is 7.24. The molecule has 22 heavy (non-hydrogen) atoms. The molecule has 0 radical (unpaired) electrons. The van der Waals surface area contributed by atoms with Gasteiger partial charge in [-0.15, -0.1) is 12.4 Å². The van der Waals surface area contributed by atoms with Crippen molar-refractivity contribution in [2.75, 3.05) is 27.2 Å². The molecule has 4 heteroatoms. The van der Waals surface area contributed by atoms with Crippen molar-refractivity contribution in [2.45, 2.75) is 6.04 Å². The predicted octanol–water partition coefficient (Wildman–Crippen LogP) is 3.27. The van der Waals surface area contributed by atoms with Crippen molar-refractivity contribution in [1.82, 2.24) is 4.90 Å². The van der Waals surface area contributed by atoms with Gasteiger partial charge in [-0.25, -0.2) is 0 Å². The summed E-state index contributed by atoms with van der Waals surface area (Å²) in [7, 11) is 4.13. The van der Waals surface area contributed by atoms with Crippen LogP contribution in [0.4, 0.5) is 0 Å². The molecule has 2 aromatic carbocycles. The number of para-hydroxylation sites is 1. The largest absolute Gasteiger partial charge is 0.491 e. The van der Waals surface area contributed by atoms with Crippen LogP contribution < -0.4 is 4.74 Å². The van der Waals surface area contributed by atoms with Gasteiger partial charge in [0.1, 0.15) is 12.4 Å². The van der Waals surface area contributed by atoms with E-state index in [2.05, 4.69) is 37.2 Å². The highest BCUT2D eigenvalue weighted by Gasteiger charge is 2.20. The number of halogens is 1. The van der Waals surface area contributed by atoms with Gasteiger partial charge >= 0.3 is 0 Å². The van der Waals surface area contributed by atoms with Crippen molar-refractivity contribution >= 4 is 18.1 Å². The molecular formula is C18H21ClN2O. The van der Waals surface area contributed by atoms with Crippen LogP contribution in [-0.4, -0.2) is 43.9 Å². The molecule has 1 heterocycles. The minimum Gasteiger partial charge on any atom is -0.491 e. The first kappa shape index (κ1) is 16.5. The Labute approximate surface area is 138 Å². The maximum Gasteiger partial charge on any atom is 0.128 e. The smallest absolute Gasteiger partial charge is 0.128 e. The molecule has 0 N–H and O–H groups in total. The molecule has 0 fully saturated rings. The van der Waals surface area contributed by atoms with Crippen LogP contribution in [0.25, 0.3) is 0 Å². The Kier molecular flexibility index (Phi) is 5.58. The van der Waals surface area contributed by atoms with Gasteiger partial charge in [0.25, 0.3) is 0 Å². The van der Waals surface area contributed by atoms with Crippen molar-refractivity contribution in [3.8, 4) is 5.75 Å². The predicted molar refractivity (Wildman–Crippen MR) is 93.6 cm³/mol. The van der Waals surface area contributed by atoms with Crippen LogP contribution in [0.5, 0.6) is 5.75 Å². The average Bonchev–Trinajstić information content (AvgIpc) is 2.68. The second-order valence-electron chi connectivity index (χ2n) is 5.57. The summed E-state index contributed by atoms with van der Waals surface area (Å²) < 4.78 is 5.97. The molecule has 0 bridgehead atoms. The van der Waals surface area contributed by atoms with Gasteiger partial charge in [0, 0.05) is 17.7 Å². The number of ether oxygens (including phenoxy) is 1. The first-order chi connectivity index (χ1) is 10.2. The number of nitrogens with zero attached hydrogens (tertiary/aromatic N) is 2. The number of rotatable bonds is 3. The summed E-state index contributed by atoms with van der Waals surface area (Å²) in [4.78, 5) is 7.13. The summed E-state index contributed by atoms with van der Waals surface area (Å²) in [5.41, 5.74) is 3.24. The van der Waals surface area contributed by atoms with Crippen molar-refractivity contribution in [3.63, 3.8) is 0 Å². The summed E-state index contributed by atoms with van der Waals surface area (Å²) in [5.74, 6) is 0.918. The molecule has 116 valence electrons. The number of aliphatic imine (C=N–C) groups is 1. The van der Waals surface area contributed by atoms with Crippen molar-refractivity contribution in [2.24, 2.45) is 4.99 Å². The fourth-order valence-corrected chi connectivity index (χ4v) is 2.60. The van der Waals surface area contributed by atoms with Crippen LogP contribution >= 0.6 is 12.4 Å². The van der Waals surface area contributed by atoms with E-state index in [1.54, 1.807) is 0 Å². The van der Waals surface area contributed by atoms with Crippen LogP contribution in [0, 0.1) is 0 Å². The van der Waals surface area contributed by atoms with Gasteiger partial charge in [-0.05, 0) is 26.2 Å². The lowest BCUT2D eigenvalue weighted by Gasteiger charge is -2.16. The van der Waals surface area contributed by atoms with Gasteiger partial charge in [-0.1, -0.05) is 42.5 Å². The topological polar surface area (TPSA) is 24.8 Å². The summed E-state index contributed by atoms with van der Waals surface area (Å²) >= 11 is 0. The Bertz CT molecular complexity index is 641. The molecule has 0 aliphatic carbocycles. The zero-order chi connectivity index (χ0) is 14.7. The van der Waals surface area contributed by atoms with E-state index in [0.717, 1.165) is 29.1 Å². The number of hydrogen-bond acceptors (Lipinski definition) is 3. The van der Waals surface area contributed by atoms with E-state index in [9.17, 15) is 0 Å². The maximum absolute atomic E-state index is 5.97.